The molecule has 1 N–H and O–H groups in total. The van der Waals surface area contributed by atoms with Crippen LogP contribution in [0.3, 0.4) is 0 Å². The van der Waals surface area contributed by atoms with E-state index < -0.39 is 10.0 Å². The summed E-state index contributed by atoms with van der Waals surface area (Å²) in [7, 11) is -3.18. The fourth-order valence-corrected chi connectivity index (χ4v) is 7.05. The number of hydrogen-bond acceptors (Lipinski definition) is 7. The fraction of sp³-hybridized carbons (Fsp3) is 0.977. The highest BCUT2D eigenvalue weighted by molar-refractivity contribution is 7.88. The minimum atomic E-state index is -3.18. The standard InChI is InChI=1S/C43H88N2O6S/c1-5-8-11-14-17-25-30-39-49-42(46)33-26-19-18-21-28-36-45(38-35-44-52(4,47)48)37-29-22-20-27-34-43(50-40-31-23-15-12-9-6-2)51-41-32-24-16-13-10-7-3/h43-44H,5-41H2,1-4H3. The van der Waals surface area contributed by atoms with Crippen molar-refractivity contribution in [3.05, 3.63) is 0 Å². The summed E-state index contributed by atoms with van der Waals surface area (Å²) >= 11 is 0. The first-order valence-electron chi connectivity index (χ1n) is 22.4. The van der Waals surface area contributed by atoms with E-state index in [0.29, 0.717) is 19.6 Å². The van der Waals surface area contributed by atoms with E-state index in [2.05, 4.69) is 30.4 Å². The van der Waals surface area contributed by atoms with Gasteiger partial charge in [0.05, 0.1) is 12.9 Å². The number of carbonyl (C=O) groups is 1. The van der Waals surface area contributed by atoms with Crippen molar-refractivity contribution in [2.24, 2.45) is 0 Å². The van der Waals surface area contributed by atoms with Crippen LogP contribution in [0.5, 0.6) is 0 Å². The minimum absolute atomic E-state index is 0.0487. The van der Waals surface area contributed by atoms with Gasteiger partial charge in [0.2, 0.25) is 10.0 Å². The highest BCUT2D eigenvalue weighted by atomic mass is 32.2. The molecule has 0 aliphatic heterocycles. The molecule has 0 aliphatic carbocycles. The van der Waals surface area contributed by atoms with Gasteiger partial charge in [-0.15, -0.1) is 0 Å². The lowest BCUT2D eigenvalue weighted by molar-refractivity contribution is -0.148. The largest absolute Gasteiger partial charge is 0.466 e. The Balaban J connectivity index is 4.31. The molecule has 0 bridgehead atoms. The molecule has 312 valence electrons. The lowest BCUT2D eigenvalue weighted by atomic mass is 10.1. The van der Waals surface area contributed by atoms with Crippen LogP contribution in [0.2, 0.25) is 0 Å². The van der Waals surface area contributed by atoms with Crippen molar-refractivity contribution in [3.63, 3.8) is 0 Å². The van der Waals surface area contributed by atoms with Crippen LogP contribution in [-0.2, 0) is 29.0 Å². The minimum Gasteiger partial charge on any atom is -0.466 e. The molecule has 0 atom stereocenters. The highest BCUT2D eigenvalue weighted by Crippen LogP contribution is 2.15. The van der Waals surface area contributed by atoms with E-state index in [1.165, 1.54) is 103 Å². The molecule has 0 fully saturated rings. The zero-order valence-corrected chi connectivity index (χ0v) is 35.9. The molecular formula is C43H88N2O6S. The third-order valence-corrected chi connectivity index (χ3v) is 10.7. The van der Waals surface area contributed by atoms with Gasteiger partial charge >= 0.3 is 5.97 Å². The average molecular weight is 761 g/mol. The molecule has 0 spiro atoms. The van der Waals surface area contributed by atoms with E-state index in [9.17, 15) is 13.2 Å². The van der Waals surface area contributed by atoms with Crippen LogP contribution in [-0.4, -0.2) is 77.8 Å². The van der Waals surface area contributed by atoms with E-state index in [1.54, 1.807) is 0 Å². The van der Waals surface area contributed by atoms with Gasteiger partial charge in [-0.1, -0.05) is 156 Å². The van der Waals surface area contributed by atoms with Gasteiger partial charge in [0.25, 0.3) is 0 Å². The molecule has 52 heavy (non-hydrogen) atoms. The second-order valence-electron chi connectivity index (χ2n) is 15.3. The molecule has 8 nitrogen and oxygen atoms in total. The number of hydrogen-bond donors (Lipinski definition) is 1. The van der Waals surface area contributed by atoms with E-state index >= 15 is 0 Å². The Labute approximate surface area is 324 Å². The maximum Gasteiger partial charge on any atom is 0.305 e. The molecule has 0 rings (SSSR count). The van der Waals surface area contributed by atoms with Crippen LogP contribution in [0.1, 0.15) is 213 Å². The molecule has 0 heterocycles. The highest BCUT2D eigenvalue weighted by Gasteiger charge is 2.11. The second-order valence-corrected chi connectivity index (χ2v) is 17.1. The van der Waals surface area contributed by atoms with E-state index in [-0.39, 0.29) is 12.3 Å². The van der Waals surface area contributed by atoms with Gasteiger partial charge in [0.15, 0.2) is 6.29 Å². The maximum atomic E-state index is 12.1. The van der Waals surface area contributed by atoms with Crippen molar-refractivity contribution in [2.75, 3.05) is 52.3 Å². The topological polar surface area (TPSA) is 94.2 Å². The Morgan fingerprint density at radius 2 is 0.923 bits per heavy atom. The molecule has 0 saturated carbocycles. The van der Waals surface area contributed by atoms with Crippen LogP contribution >= 0.6 is 0 Å². The fourth-order valence-electron chi connectivity index (χ4n) is 6.59. The lowest BCUT2D eigenvalue weighted by Crippen LogP contribution is -2.35. The van der Waals surface area contributed by atoms with E-state index in [0.717, 1.165) is 123 Å². The molecule has 0 radical (unpaired) electrons. The number of ether oxygens (including phenoxy) is 3. The van der Waals surface area contributed by atoms with Gasteiger partial charge in [-0.2, -0.15) is 0 Å². The number of nitrogens with one attached hydrogen (secondary N) is 1. The molecule has 9 heteroatoms. The monoisotopic (exact) mass is 761 g/mol. The molecule has 0 amide bonds. The third-order valence-electron chi connectivity index (χ3n) is 9.93. The molecule has 0 aromatic rings. The Morgan fingerprint density at radius 3 is 1.40 bits per heavy atom. The zero-order valence-electron chi connectivity index (χ0n) is 35.0. The van der Waals surface area contributed by atoms with Gasteiger partial charge < -0.3 is 19.1 Å². The first-order valence-corrected chi connectivity index (χ1v) is 24.3. The third kappa shape index (κ3) is 40.4. The van der Waals surface area contributed by atoms with Crippen LogP contribution < -0.4 is 4.72 Å². The number of sulfonamides is 1. The zero-order chi connectivity index (χ0) is 38.2. The van der Waals surface area contributed by atoms with Crippen molar-refractivity contribution in [2.45, 2.75) is 220 Å². The molecular weight excluding hydrogens is 673 g/mol. The average Bonchev–Trinajstić information content (AvgIpc) is 3.11. The van der Waals surface area contributed by atoms with Crippen molar-refractivity contribution >= 4 is 16.0 Å². The molecule has 0 aliphatic rings. The van der Waals surface area contributed by atoms with Crippen molar-refractivity contribution in [3.8, 4) is 0 Å². The summed E-state index contributed by atoms with van der Waals surface area (Å²) in [6.07, 6.45) is 36.3. The van der Waals surface area contributed by atoms with Crippen LogP contribution in [0, 0.1) is 0 Å². The van der Waals surface area contributed by atoms with Gasteiger partial charge in [-0.3, -0.25) is 4.79 Å². The number of nitrogens with zero attached hydrogens (tertiary/aromatic N) is 1. The van der Waals surface area contributed by atoms with Crippen LogP contribution in [0.25, 0.3) is 0 Å². The summed E-state index contributed by atoms with van der Waals surface area (Å²) in [5.74, 6) is -0.0487. The van der Waals surface area contributed by atoms with Crippen LogP contribution in [0.15, 0.2) is 0 Å². The van der Waals surface area contributed by atoms with E-state index in [1.807, 2.05) is 0 Å². The van der Waals surface area contributed by atoms with Crippen molar-refractivity contribution < 1.29 is 27.4 Å². The molecule has 0 aromatic heterocycles. The summed E-state index contributed by atoms with van der Waals surface area (Å²) in [6.45, 7) is 12.1. The first-order chi connectivity index (χ1) is 25.3. The Kier molecular flexibility index (Phi) is 39.4. The Hall–Kier alpha value is -0.740. The summed E-state index contributed by atoms with van der Waals surface area (Å²) in [4.78, 5) is 14.5. The smallest absolute Gasteiger partial charge is 0.305 e. The lowest BCUT2D eigenvalue weighted by Gasteiger charge is -2.22. The number of esters is 1. The van der Waals surface area contributed by atoms with Gasteiger partial charge in [0.1, 0.15) is 0 Å². The second kappa shape index (κ2) is 39.9. The van der Waals surface area contributed by atoms with Gasteiger partial charge in [-0.05, 0) is 64.5 Å². The summed E-state index contributed by atoms with van der Waals surface area (Å²) in [5, 5.41) is 0. The quantitative estimate of drug-likeness (QED) is 0.0376. The van der Waals surface area contributed by atoms with Gasteiger partial charge in [0, 0.05) is 32.7 Å². The number of rotatable bonds is 43. The molecule has 0 aromatic carbocycles. The molecule has 0 unspecified atom stereocenters. The predicted molar refractivity (Wildman–Crippen MR) is 221 cm³/mol. The Bertz CT molecular complexity index is 825. The van der Waals surface area contributed by atoms with E-state index in [4.69, 9.17) is 14.2 Å². The predicted octanol–water partition coefficient (Wildman–Crippen LogP) is 11.5. The summed E-state index contributed by atoms with van der Waals surface area (Å²) < 4.78 is 43.8. The summed E-state index contributed by atoms with van der Waals surface area (Å²) in [6, 6.07) is 0. The Morgan fingerprint density at radius 1 is 0.519 bits per heavy atom. The normalized spacial score (nSPS) is 12.0. The number of unbranched alkanes of at least 4 members (excludes halogenated alkanes) is 23. The maximum absolute atomic E-state index is 12.1. The van der Waals surface area contributed by atoms with Gasteiger partial charge in [-0.25, -0.2) is 13.1 Å². The number of carbonyl (C=O) groups excluding carboxylic acids is 1. The molecule has 0 saturated heterocycles. The van der Waals surface area contributed by atoms with Crippen LogP contribution in [0.4, 0.5) is 0 Å². The summed E-state index contributed by atoms with van der Waals surface area (Å²) in [5.41, 5.74) is 0. The first kappa shape index (κ1) is 51.3. The SMILES string of the molecule is CCCCCCCCCOC(=O)CCCCCCCN(CCCCCCC(OCCCCCCCC)OCCCCCCCC)CCNS(C)(=O)=O. The van der Waals surface area contributed by atoms with Crippen molar-refractivity contribution in [1.29, 1.82) is 0 Å². The van der Waals surface area contributed by atoms with Crippen molar-refractivity contribution in [1.82, 2.24) is 9.62 Å².